The summed E-state index contributed by atoms with van der Waals surface area (Å²) in [7, 11) is 0. The predicted molar refractivity (Wildman–Crippen MR) is 93.2 cm³/mol. The van der Waals surface area contributed by atoms with Crippen molar-refractivity contribution in [2.75, 3.05) is 5.73 Å². The molecule has 124 valence electrons. The molecule has 1 atom stereocenters. The van der Waals surface area contributed by atoms with E-state index >= 15 is 0 Å². The molecule has 0 bridgehead atoms. The molecule has 0 saturated heterocycles. The summed E-state index contributed by atoms with van der Waals surface area (Å²) in [4.78, 5) is 12.2. The van der Waals surface area contributed by atoms with Crippen molar-refractivity contribution in [3.8, 4) is 0 Å². The van der Waals surface area contributed by atoms with Crippen molar-refractivity contribution in [2.24, 2.45) is 0 Å². The standard InChI is InChI=1S/C19H31NO2/c1-6-8-10-14(9-7-2)15-11-12-16(17(20)13-15)18(21)22-19(3,4)5/h11-14H,6-10,20H2,1-5H3. The third kappa shape index (κ3) is 5.70. The maximum absolute atomic E-state index is 12.2. The van der Waals surface area contributed by atoms with Gasteiger partial charge in [0.2, 0.25) is 0 Å². The molecule has 0 saturated carbocycles. The number of nitrogen functional groups attached to an aromatic ring is 1. The highest BCUT2D eigenvalue weighted by atomic mass is 16.6. The zero-order valence-electron chi connectivity index (χ0n) is 14.7. The third-order valence-corrected chi connectivity index (χ3v) is 3.71. The molecule has 0 radical (unpaired) electrons. The monoisotopic (exact) mass is 305 g/mol. The van der Waals surface area contributed by atoms with Crippen LogP contribution in [-0.4, -0.2) is 11.6 Å². The molecule has 0 aliphatic rings. The van der Waals surface area contributed by atoms with Crippen molar-refractivity contribution in [1.29, 1.82) is 0 Å². The molecule has 2 N–H and O–H groups in total. The van der Waals surface area contributed by atoms with Gasteiger partial charge in [-0.15, -0.1) is 0 Å². The van der Waals surface area contributed by atoms with Crippen LogP contribution in [0.15, 0.2) is 18.2 Å². The molecule has 1 unspecified atom stereocenters. The van der Waals surface area contributed by atoms with Crippen molar-refractivity contribution >= 4 is 11.7 Å². The average Bonchev–Trinajstić information content (AvgIpc) is 2.41. The highest BCUT2D eigenvalue weighted by Crippen LogP contribution is 2.30. The number of esters is 1. The lowest BCUT2D eigenvalue weighted by molar-refractivity contribution is 0.00708. The smallest absolute Gasteiger partial charge is 0.340 e. The first kappa shape index (κ1) is 18.5. The van der Waals surface area contributed by atoms with Crippen molar-refractivity contribution in [2.45, 2.75) is 78.2 Å². The van der Waals surface area contributed by atoms with Crippen molar-refractivity contribution in [3.63, 3.8) is 0 Å². The van der Waals surface area contributed by atoms with Gasteiger partial charge in [0.15, 0.2) is 0 Å². The molecule has 0 aliphatic heterocycles. The Labute approximate surface area is 135 Å². The Morgan fingerprint density at radius 3 is 2.36 bits per heavy atom. The number of carbonyl (C=O) groups excluding carboxylic acids is 1. The first-order valence-corrected chi connectivity index (χ1v) is 8.41. The molecule has 1 aromatic rings. The zero-order valence-corrected chi connectivity index (χ0v) is 14.7. The van der Waals surface area contributed by atoms with E-state index in [0.29, 0.717) is 17.2 Å². The van der Waals surface area contributed by atoms with Crippen molar-refractivity contribution < 1.29 is 9.53 Å². The normalized spacial score (nSPS) is 13.0. The highest BCUT2D eigenvalue weighted by molar-refractivity contribution is 5.95. The summed E-state index contributed by atoms with van der Waals surface area (Å²) in [5.41, 5.74) is 7.81. The summed E-state index contributed by atoms with van der Waals surface area (Å²) in [6.07, 6.45) is 5.91. The largest absolute Gasteiger partial charge is 0.456 e. The Balaban J connectivity index is 2.93. The number of anilines is 1. The van der Waals surface area contributed by atoms with Crippen LogP contribution in [-0.2, 0) is 4.74 Å². The van der Waals surface area contributed by atoms with Crippen LogP contribution in [0.2, 0.25) is 0 Å². The van der Waals surface area contributed by atoms with E-state index in [1.807, 2.05) is 39.0 Å². The maximum Gasteiger partial charge on any atom is 0.340 e. The minimum absolute atomic E-state index is 0.350. The van der Waals surface area contributed by atoms with Gasteiger partial charge in [-0.1, -0.05) is 39.2 Å². The quantitative estimate of drug-likeness (QED) is 0.549. The molecule has 1 rings (SSSR count). The van der Waals surface area contributed by atoms with Crippen molar-refractivity contribution in [1.82, 2.24) is 0 Å². The summed E-state index contributed by atoms with van der Waals surface area (Å²) in [6, 6.07) is 5.80. The number of unbranched alkanes of at least 4 members (excludes halogenated alkanes) is 1. The van der Waals surface area contributed by atoms with Gasteiger partial charge < -0.3 is 10.5 Å². The number of ether oxygens (including phenoxy) is 1. The van der Waals surface area contributed by atoms with E-state index in [1.54, 1.807) is 0 Å². The fraction of sp³-hybridized carbons (Fsp3) is 0.632. The van der Waals surface area contributed by atoms with Gasteiger partial charge in [-0.05, 0) is 57.2 Å². The summed E-state index contributed by atoms with van der Waals surface area (Å²) < 4.78 is 5.40. The summed E-state index contributed by atoms with van der Waals surface area (Å²) >= 11 is 0. The third-order valence-electron chi connectivity index (χ3n) is 3.71. The first-order chi connectivity index (χ1) is 10.3. The Kier molecular flexibility index (Phi) is 6.92. The second kappa shape index (κ2) is 8.21. The second-order valence-electron chi connectivity index (χ2n) is 6.98. The lowest BCUT2D eigenvalue weighted by Crippen LogP contribution is -2.24. The Bertz CT molecular complexity index is 489. The van der Waals surface area contributed by atoms with Gasteiger partial charge >= 0.3 is 5.97 Å². The molecule has 1 aromatic carbocycles. The second-order valence-corrected chi connectivity index (χ2v) is 6.98. The lowest BCUT2D eigenvalue weighted by atomic mass is 9.89. The Morgan fingerprint density at radius 2 is 1.86 bits per heavy atom. The van der Waals surface area contributed by atoms with Crippen LogP contribution in [0, 0.1) is 0 Å². The minimum atomic E-state index is -0.506. The summed E-state index contributed by atoms with van der Waals surface area (Å²) in [5.74, 6) is 0.178. The molecule has 0 spiro atoms. The van der Waals surface area contributed by atoms with E-state index in [2.05, 4.69) is 13.8 Å². The molecule has 22 heavy (non-hydrogen) atoms. The molecule has 0 amide bonds. The Hall–Kier alpha value is -1.51. The van der Waals surface area contributed by atoms with E-state index in [0.717, 1.165) is 12.8 Å². The molecule has 3 nitrogen and oxygen atoms in total. The number of nitrogens with two attached hydrogens (primary N) is 1. The van der Waals surface area contributed by atoms with Crippen LogP contribution in [0.4, 0.5) is 5.69 Å². The van der Waals surface area contributed by atoms with Gasteiger partial charge in [-0.2, -0.15) is 0 Å². The predicted octanol–water partition coefficient (Wildman–Crippen LogP) is 5.30. The van der Waals surface area contributed by atoms with E-state index in [-0.39, 0.29) is 5.97 Å². The molecular formula is C19H31NO2. The van der Waals surface area contributed by atoms with Gasteiger partial charge in [0.05, 0.1) is 5.56 Å². The number of benzene rings is 1. The van der Waals surface area contributed by atoms with E-state index in [1.165, 1.54) is 24.8 Å². The van der Waals surface area contributed by atoms with Crippen molar-refractivity contribution in [3.05, 3.63) is 29.3 Å². The number of hydrogen-bond acceptors (Lipinski definition) is 3. The molecule has 0 aliphatic carbocycles. The maximum atomic E-state index is 12.2. The van der Waals surface area contributed by atoms with Crippen LogP contribution in [0.5, 0.6) is 0 Å². The van der Waals surface area contributed by atoms with Crippen LogP contribution in [0.1, 0.15) is 88.6 Å². The minimum Gasteiger partial charge on any atom is -0.456 e. The fourth-order valence-corrected chi connectivity index (χ4v) is 2.63. The van der Waals surface area contributed by atoms with Crippen LogP contribution < -0.4 is 5.73 Å². The molecule has 0 fully saturated rings. The SMILES string of the molecule is CCCCC(CCC)c1ccc(C(=O)OC(C)(C)C)c(N)c1. The van der Waals surface area contributed by atoms with Gasteiger partial charge in [-0.25, -0.2) is 4.79 Å². The highest BCUT2D eigenvalue weighted by Gasteiger charge is 2.20. The van der Waals surface area contributed by atoms with Crippen LogP contribution in [0.25, 0.3) is 0 Å². The fourth-order valence-electron chi connectivity index (χ4n) is 2.63. The van der Waals surface area contributed by atoms with E-state index < -0.39 is 5.60 Å². The van der Waals surface area contributed by atoms with Gasteiger partial charge in [0.25, 0.3) is 0 Å². The number of carbonyl (C=O) groups is 1. The molecular weight excluding hydrogens is 274 g/mol. The first-order valence-electron chi connectivity index (χ1n) is 8.41. The van der Waals surface area contributed by atoms with Gasteiger partial charge in [-0.3, -0.25) is 0 Å². The number of hydrogen-bond donors (Lipinski definition) is 1. The summed E-state index contributed by atoms with van der Waals surface area (Å²) in [5, 5.41) is 0. The molecule has 3 heteroatoms. The van der Waals surface area contributed by atoms with Crippen LogP contribution >= 0.6 is 0 Å². The van der Waals surface area contributed by atoms with E-state index in [4.69, 9.17) is 10.5 Å². The average molecular weight is 305 g/mol. The molecule has 0 aromatic heterocycles. The van der Waals surface area contributed by atoms with E-state index in [9.17, 15) is 4.79 Å². The lowest BCUT2D eigenvalue weighted by Gasteiger charge is -2.21. The number of rotatable bonds is 7. The summed E-state index contributed by atoms with van der Waals surface area (Å²) in [6.45, 7) is 9.99. The Morgan fingerprint density at radius 1 is 1.18 bits per heavy atom. The van der Waals surface area contributed by atoms with Gasteiger partial charge in [0.1, 0.15) is 5.60 Å². The topological polar surface area (TPSA) is 52.3 Å². The molecule has 0 heterocycles. The van der Waals surface area contributed by atoms with Gasteiger partial charge in [0, 0.05) is 5.69 Å². The van der Waals surface area contributed by atoms with Crippen LogP contribution in [0.3, 0.4) is 0 Å². The zero-order chi connectivity index (χ0) is 16.8.